The van der Waals surface area contributed by atoms with Gasteiger partial charge in [-0.15, -0.1) is 0 Å². The van der Waals surface area contributed by atoms with Crippen molar-refractivity contribution in [2.45, 2.75) is 52.1 Å². The number of carboxylic acids is 1. The summed E-state index contributed by atoms with van der Waals surface area (Å²) in [5.74, 6) is -0.685. The summed E-state index contributed by atoms with van der Waals surface area (Å²) >= 11 is 0. The first-order chi connectivity index (χ1) is 7.84. The molecular formula is C13H26N2O2. The molecular weight excluding hydrogens is 216 g/mol. The number of hydrogen-bond acceptors (Lipinski definition) is 3. The number of carboxylic acid groups (broad SMARTS) is 1. The fourth-order valence-electron chi connectivity index (χ4n) is 2.49. The van der Waals surface area contributed by atoms with E-state index in [1.807, 2.05) is 0 Å². The SMILES string of the molecule is CCC(CC(=O)O)N1CCN(C(C)(C)C)CC1. The van der Waals surface area contributed by atoms with Crippen molar-refractivity contribution in [1.29, 1.82) is 0 Å². The van der Waals surface area contributed by atoms with E-state index in [2.05, 4.69) is 37.5 Å². The third kappa shape index (κ3) is 4.28. The van der Waals surface area contributed by atoms with Gasteiger partial charge in [0.25, 0.3) is 0 Å². The molecule has 0 radical (unpaired) electrons. The summed E-state index contributed by atoms with van der Waals surface area (Å²) in [5, 5.41) is 8.89. The van der Waals surface area contributed by atoms with E-state index in [1.54, 1.807) is 0 Å². The Morgan fingerprint density at radius 3 is 2.12 bits per heavy atom. The molecule has 1 aliphatic heterocycles. The van der Waals surface area contributed by atoms with Gasteiger partial charge in [-0.2, -0.15) is 0 Å². The van der Waals surface area contributed by atoms with Crippen LogP contribution in [0.1, 0.15) is 40.5 Å². The zero-order valence-electron chi connectivity index (χ0n) is 11.6. The van der Waals surface area contributed by atoms with Crippen molar-refractivity contribution in [3.8, 4) is 0 Å². The Balaban J connectivity index is 2.47. The maximum Gasteiger partial charge on any atom is 0.304 e. The normalized spacial score (nSPS) is 21.4. The van der Waals surface area contributed by atoms with Gasteiger partial charge in [-0.3, -0.25) is 14.6 Å². The highest BCUT2D eigenvalue weighted by Crippen LogP contribution is 2.18. The molecule has 0 amide bonds. The van der Waals surface area contributed by atoms with Gasteiger partial charge in [0, 0.05) is 37.8 Å². The van der Waals surface area contributed by atoms with Crippen molar-refractivity contribution in [2.24, 2.45) is 0 Å². The van der Waals surface area contributed by atoms with E-state index in [9.17, 15) is 4.79 Å². The minimum atomic E-state index is -0.685. The van der Waals surface area contributed by atoms with E-state index >= 15 is 0 Å². The molecule has 1 unspecified atom stereocenters. The van der Waals surface area contributed by atoms with Crippen LogP contribution >= 0.6 is 0 Å². The molecule has 1 rings (SSSR count). The Morgan fingerprint density at radius 2 is 1.76 bits per heavy atom. The average molecular weight is 242 g/mol. The molecule has 1 atom stereocenters. The van der Waals surface area contributed by atoms with Crippen molar-refractivity contribution in [3.05, 3.63) is 0 Å². The van der Waals surface area contributed by atoms with Crippen LogP contribution in [0.4, 0.5) is 0 Å². The monoisotopic (exact) mass is 242 g/mol. The average Bonchev–Trinajstić information content (AvgIpc) is 2.24. The molecule has 0 spiro atoms. The molecule has 0 saturated carbocycles. The van der Waals surface area contributed by atoms with Crippen molar-refractivity contribution in [2.75, 3.05) is 26.2 Å². The van der Waals surface area contributed by atoms with Gasteiger partial charge in [0.15, 0.2) is 0 Å². The lowest BCUT2D eigenvalue weighted by Gasteiger charge is -2.44. The molecule has 0 bridgehead atoms. The highest BCUT2D eigenvalue weighted by atomic mass is 16.4. The van der Waals surface area contributed by atoms with Gasteiger partial charge < -0.3 is 5.11 Å². The predicted octanol–water partition coefficient (Wildman–Crippen LogP) is 1.66. The fourth-order valence-corrected chi connectivity index (χ4v) is 2.49. The van der Waals surface area contributed by atoms with E-state index in [0.717, 1.165) is 32.6 Å². The van der Waals surface area contributed by atoms with Crippen LogP contribution in [-0.2, 0) is 4.79 Å². The molecule has 0 aliphatic carbocycles. The maximum atomic E-state index is 10.8. The van der Waals surface area contributed by atoms with Crippen molar-refractivity contribution in [1.82, 2.24) is 9.80 Å². The smallest absolute Gasteiger partial charge is 0.304 e. The standard InChI is InChI=1S/C13H26N2O2/c1-5-11(10-12(16)17)14-6-8-15(9-7-14)13(2,3)4/h11H,5-10H2,1-4H3,(H,16,17). The van der Waals surface area contributed by atoms with E-state index in [-0.39, 0.29) is 18.0 Å². The van der Waals surface area contributed by atoms with E-state index in [1.165, 1.54) is 0 Å². The minimum absolute atomic E-state index is 0.203. The molecule has 1 fully saturated rings. The largest absolute Gasteiger partial charge is 0.481 e. The molecule has 4 heteroatoms. The molecule has 1 N–H and O–H groups in total. The second-order valence-corrected chi connectivity index (χ2v) is 5.85. The number of hydrogen-bond donors (Lipinski definition) is 1. The second kappa shape index (κ2) is 5.83. The summed E-state index contributed by atoms with van der Waals surface area (Å²) in [6.07, 6.45) is 1.19. The molecule has 1 saturated heterocycles. The van der Waals surface area contributed by atoms with Crippen LogP contribution < -0.4 is 0 Å². The van der Waals surface area contributed by atoms with E-state index in [4.69, 9.17) is 5.11 Å². The quantitative estimate of drug-likeness (QED) is 0.814. The van der Waals surface area contributed by atoms with Crippen LogP contribution in [0.15, 0.2) is 0 Å². The maximum absolute atomic E-state index is 10.8. The summed E-state index contributed by atoms with van der Waals surface area (Å²) < 4.78 is 0. The first-order valence-electron chi connectivity index (χ1n) is 6.55. The Bertz CT molecular complexity index is 253. The minimum Gasteiger partial charge on any atom is -0.481 e. The summed E-state index contributed by atoms with van der Waals surface area (Å²) in [6, 6.07) is 0.203. The van der Waals surface area contributed by atoms with Gasteiger partial charge in [0.1, 0.15) is 0 Å². The second-order valence-electron chi connectivity index (χ2n) is 5.85. The van der Waals surface area contributed by atoms with Crippen LogP contribution in [-0.4, -0.2) is 58.6 Å². The molecule has 0 aromatic rings. The first-order valence-corrected chi connectivity index (χ1v) is 6.55. The summed E-state index contributed by atoms with van der Waals surface area (Å²) in [4.78, 5) is 15.6. The highest BCUT2D eigenvalue weighted by molar-refractivity contribution is 5.67. The third-order valence-electron chi connectivity index (χ3n) is 3.66. The topological polar surface area (TPSA) is 43.8 Å². The van der Waals surface area contributed by atoms with Gasteiger partial charge >= 0.3 is 5.97 Å². The predicted molar refractivity (Wildman–Crippen MR) is 69.2 cm³/mol. The lowest BCUT2D eigenvalue weighted by Crippen LogP contribution is -2.55. The molecule has 4 nitrogen and oxygen atoms in total. The van der Waals surface area contributed by atoms with Gasteiger partial charge in [-0.25, -0.2) is 0 Å². The summed E-state index contributed by atoms with van der Waals surface area (Å²) in [5.41, 5.74) is 0.223. The van der Waals surface area contributed by atoms with Crippen molar-refractivity contribution < 1.29 is 9.90 Å². The van der Waals surface area contributed by atoms with E-state index in [0.29, 0.717) is 0 Å². The van der Waals surface area contributed by atoms with Gasteiger partial charge in [-0.05, 0) is 27.2 Å². The van der Waals surface area contributed by atoms with Crippen LogP contribution in [0.25, 0.3) is 0 Å². The molecule has 100 valence electrons. The molecule has 0 aromatic carbocycles. The Morgan fingerprint density at radius 1 is 1.24 bits per heavy atom. The zero-order chi connectivity index (χ0) is 13.1. The van der Waals surface area contributed by atoms with Crippen LogP contribution in [0, 0.1) is 0 Å². The Kier molecular flexibility index (Phi) is 4.95. The molecule has 17 heavy (non-hydrogen) atoms. The van der Waals surface area contributed by atoms with Crippen molar-refractivity contribution in [3.63, 3.8) is 0 Å². The Labute approximate surface area is 105 Å². The Hall–Kier alpha value is -0.610. The number of rotatable bonds is 4. The number of aliphatic carboxylic acids is 1. The molecule has 1 aliphatic rings. The lowest BCUT2D eigenvalue weighted by molar-refractivity contribution is -0.138. The zero-order valence-corrected chi connectivity index (χ0v) is 11.6. The van der Waals surface area contributed by atoms with Gasteiger partial charge in [0.2, 0.25) is 0 Å². The van der Waals surface area contributed by atoms with E-state index < -0.39 is 5.97 Å². The first kappa shape index (κ1) is 14.5. The van der Waals surface area contributed by atoms with Crippen LogP contribution in [0.2, 0.25) is 0 Å². The highest BCUT2D eigenvalue weighted by Gasteiger charge is 2.29. The van der Waals surface area contributed by atoms with Crippen LogP contribution in [0.5, 0.6) is 0 Å². The molecule has 1 heterocycles. The third-order valence-corrected chi connectivity index (χ3v) is 3.66. The van der Waals surface area contributed by atoms with Gasteiger partial charge in [0.05, 0.1) is 6.42 Å². The summed E-state index contributed by atoms with van der Waals surface area (Å²) in [7, 11) is 0. The number of nitrogens with zero attached hydrogens (tertiary/aromatic N) is 2. The van der Waals surface area contributed by atoms with Crippen LogP contribution in [0.3, 0.4) is 0 Å². The van der Waals surface area contributed by atoms with Crippen molar-refractivity contribution >= 4 is 5.97 Å². The fraction of sp³-hybridized carbons (Fsp3) is 0.923. The van der Waals surface area contributed by atoms with Gasteiger partial charge in [-0.1, -0.05) is 6.92 Å². The number of piperazine rings is 1. The lowest BCUT2D eigenvalue weighted by atomic mass is 10.0. The summed E-state index contributed by atoms with van der Waals surface area (Å²) in [6.45, 7) is 12.8. The molecule has 0 aromatic heterocycles. The number of carbonyl (C=O) groups is 1.